The van der Waals surface area contributed by atoms with Gasteiger partial charge in [-0.3, -0.25) is 9.55 Å². The number of pyridine rings is 1. The first-order valence-corrected chi connectivity index (χ1v) is 17.7. The highest BCUT2D eigenvalue weighted by Crippen LogP contribution is 2.42. The largest absolute Gasteiger partial charge is 0.496 e. The highest BCUT2D eigenvalue weighted by atomic mass is 16.5. The quantitative estimate of drug-likeness (QED) is 0.165. The molecule has 0 N–H and O–H groups in total. The summed E-state index contributed by atoms with van der Waals surface area (Å²) in [6.07, 6.45) is -0.525. The van der Waals surface area contributed by atoms with Gasteiger partial charge in [-0.05, 0) is 125 Å². The fraction of sp³-hybridized carbons (Fsp3) is 0.160. The van der Waals surface area contributed by atoms with Gasteiger partial charge in [0.1, 0.15) is 11.6 Å². The van der Waals surface area contributed by atoms with Crippen LogP contribution in [0.15, 0.2) is 146 Å². The van der Waals surface area contributed by atoms with E-state index >= 15 is 0 Å². The van der Waals surface area contributed by atoms with E-state index in [1.54, 1.807) is 19.2 Å². The van der Waals surface area contributed by atoms with Gasteiger partial charge in [0.05, 0.1) is 40.4 Å². The average molecular weight is 715 g/mol. The van der Waals surface area contributed by atoms with Crippen molar-refractivity contribution in [2.45, 2.75) is 46.9 Å². The number of ether oxygens (including phenoxy) is 1. The zero-order chi connectivity index (χ0) is 47.0. The summed E-state index contributed by atoms with van der Waals surface area (Å²) in [7, 11) is 1.61. The Morgan fingerprint density at radius 2 is 1.48 bits per heavy atom. The van der Waals surface area contributed by atoms with Crippen LogP contribution in [0.3, 0.4) is 0 Å². The molecule has 0 saturated heterocycles. The second-order valence-electron chi connectivity index (χ2n) is 14.5. The molecule has 2 heterocycles. The van der Waals surface area contributed by atoms with Crippen molar-refractivity contribution in [1.29, 1.82) is 0 Å². The van der Waals surface area contributed by atoms with E-state index in [0.717, 1.165) is 22.3 Å². The molecule has 0 radical (unpaired) electrons. The number of imidazole rings is 1. The molecule has 0 spiro atoms. The highest BCUT2D eigenvalue weighted by molar-refractivity contribution is 5.97. The molecule has 8 rings (SSSR count). The number of methoxy groups -OCH3 is 1. The molecule has 0 amide bonds. The minimum atomic E-state index is -2.44. The van der Waals surface area contributed by atoms with Gasteiger partial charge in [0.2, 0.25) is 0 Å². The van der Waals surface area contributed by atoms with Crippen LogP contribution in [0.4, 0.5) is 0 Å². The number of aryl methyl sites for hydroxylation is 3. The van der Waals surface area contributed by atoms with E-state index in [1.807, 2.05) is 124 Å². The molecule has 0 aliphatic carbocycles. The Bertz CT molecular complexity index is 3200. The number of nitrogens with zero attached hydrogens (tertiary/aromatic N) is 3. The molecular weight excluding hydrogens is 659 g/mol. The van der Waals surface area contributed by atoms with Crippen molar-refractivity contribution >= 4 is 11.0 Å². The summed E-state index contributed by atoms with van der Waals surface area (Å²) < 4.78 is 103. The van der Waals surface area contributed by atoms with Gasteiger partial charge in [0, 0.05) is 27.1 Å². The summed E-state index contributed by atoms with van der Waals surface area (Å²) in [5.41, 5.74) is 7.56. The molecule has 0 fully saturated rings. The molecule has 0 aliphatic heterocycles. The van der Waals surface area contributed by atoms with Crippen molar-refractivity contribution in [2.75, 3.05) is 7.11 Å². The normalized spacial score (nSPS) is 14.7. The topological polar surface area (TPSA) is 39.9 Å². The molecule has 0 aliphatic rings. The van der Waals surface area contributed by atoms with Gasteiger partial charge in [-0.25, -0.2) is 4.98 Å². The standard InChI is InChI=1S/C50H45N3O/c1-32-23-34(3)48(54-7)44(26-32)49-52-47-43(19-14-20-46(47)53(49)42-25-33(2)24-38(30-42)36-17-12-9-13-18-36)39-27-40(29-41(28-39)50(4,5)6)45-31-37(21-22-51-45)35-15-10-8-11-16-35/h8-31H,1-7H3/i2D3,8D,10D,11D,15D,16D,21D,22D,31D. The highest BCUT2D eigenvalue weighted by Gasteiger charge is 2.24. The maximum atomic E-state index is 9.45. The van der Waals surface area contributed by atoms with E-state index in [9.17, 15) is 1.37 Å². The molecule has 0 saturated carbocycles. The third-order valence-corrected chi connectivity index (χ3v) is 9.56. The molecule has 4 heteroatoms. The third kappa shape index (κ3) is 6.60. The summed E-state index contributed by atoms with van der Waals surface area (Å²) in [5.74, 6) is 1.11. The lowest BCUT2D eigenvalue weighted by Gasteiger charge is -2.22. The number of benzene rings is 6. The Hall–Kier alpha value is -6.26. The van der Waals surface area contributed by atoms with Gasteiger partial charge in [-0.15, -0.1) is 0 Å². The van der Waals surface area contributed by atoms with Crippen LogP contribution in [0.25, 0.3) is 72.7 Å². The number of hydrogen-bond donors (Lipinski definition) is 0. The molecule has 6 aromatic carbocycles. The first kappa shape index (κ1) is 24.1. The molecule has 266 valence electrons. The Labute approximate surface area is 334 Å². The van der Waals surface area contributed by atoms with Crippen molar-refractivity contribution in [3.05, 3.63) is 168 Å². The number of fused-ring (bicyclic) bond motifs is 1. The molecule has 0 unspecified atom stereocenters. The van der Waals surface area contributed by atoms with Crippen molar-refractivity contribution in [3.63, 3.8) is 0 Å². The third-order valence-electron chi connectivity index (χ3n) is 9.56. The van der Waals surface area contributed by atoms with Crippen LogP contribution in [0.1, 0.15) is 58.1 Å². The zero-order valence-electron chi connectivity index (χ0n) is 42.0. The van der Waals surface area contributed by atoms with E-state index in [0.29, 0.717) is 56.1 Å². The first-order chi connectivity index (χ1) is 30.6. The summed E-state index contributed by atoms with van der Waals surface area (Å²) in [4.78, 5) is 9.82. The second-order valence-corrected chi connectivity index (χ2v) is 14.5. The maximum absolute atomic E-state index is 9.45. The predicted molar refractivity (Wildman–Crippen MR) is 226 cm³/mol. The van der Waals surface area contributed by atoms with E-state index in [-0.39, 0.29) is 28.4 Å². The van der Waals surface area contributed by atoms with Gasteiger partial charge in [-0.2, -0.15) is 0 Å². The van der Waals surface area contributed by atoms with E-state index in [4.69, 9.17) is 23.4 Å². The predicted octanol–water partition coefficient (Wildman–Crippen LogP) is 13.0. The summed E-state index contributed by atoms with van der Waals surface area (Å²) in [6, 6.07) is 26.5. The van der Waals surface area contributed by atoms with E-state index in [2.05, 4.69) is 4.98 Å². The first-order valence-electron chi connectivity index (χ1n) is 23.2. The monoisotopic (exact) mass is 714 g/mol. The fourth-order valence-electron chi connectivity index (χ4n) is 7.01. The summed E-state index contributed by atoms with van der Waals surface area (Å²) in [6.45, 7) is 7.62. The van der Waals surface area contributed by atoms with Crippen molar-refractivity contribution in [3.8, 4) is 67.5 Å². The van der Waals surface area contributed by atoms with Gasteiger partial charge < -0.3 is 4.74 Å². The van der Waals surface area contributed by atoms with Crippen molar-refractivity contribution in [2.24, 2.45) is 0 Å². The smallest absolute Gasteiger partial charge is 0.149 e. The van der Waals surface area contributed by atoms with Crippen LogP contribution in [0, 0.1) is 20.7 Å². The number of hydrogen-bond acceptors (Lipinski definition) is 3. The van der Waals surface area contributed by atoms with Crippen LogP contribution >= 0.6 is 0 Å². The van der Waals surface area contributed by atoms with Crippen LogP contribution in [-0.2, 0) is 5.41 Å². The maximum Gasteiger partial charge on any atom is 0.149 e. The summed E-state index contributed by atoms with van der Waals surface area (Å²) >= 11 is 0. The number of rotatable bonds is 7. The Morgan fingerprint density at radius 3 is 2.24 bits per heavy atom. The van der Waals surface area contributed by atoms with E-state index < -0.39 is 54.7 Å². The minimum Gasteiger partial charge on any atom is -0.496 e. The second kappa shape index (κ2) is 13.9. The van der Waals surface area contributed by atoms with Gasteiger partial charge in [0.25, 0.3) is 0 Å². The lowest BCUT2D eigenvalue weighted by Crippen LogP contribution is -2.11. The SMILES string of the molecule is [2H]c1nc(-c2cc(-c3cccc4c3nc(-c3cc(C)cc(C)c3OC)n4-c3cc(-c4ccccc4)cc(C([2H])([2H])[2H])c3)cc(C(C)(C)C)c2)c([2H])c(-c2c([2H])c([2H])c([2H])c([2H])c2[2H])c1[2H]. The molecule has 54 heavy (non-hydrogen) atoms. The number of aromatic nitrogens is 3. The van der Waals surface area contributed by atoms with Crippen LogP contribution in [0.5, 0.6) is 5.75 Å². The minimum absolute atomic E-state index is 0.00607. The molecule has 0 bridgehead atoms. The van der Waals surface area contributed by atoms with Gasteiger partial charge in [-0.1, -0.05) is 112 Å². The Balaban J connectivity index is 1.45. The van der Waals surface area contributed by atoms with Crippen LogP contribution < -0.4 is 4.74 Å². The Morgan fingerprint density at radius 1 is 0.685 bits per heavy atom. The average Bonchev–Trinajstić information content (AvgIpc) is 3.66. The lowest BCUT2D eigenvalue weighted by molar-refractivity contribution is 0.413. The van der Waals surface area contributed by atoms with Gasteiger partial charge >= 0.3 is 0 Å². The van der Waals surface area contributed by atoms with Crippen LogP contribution in [0.2, 0.25) is 0 Å². The summed E-state index contributed by atoms with van der Waals surface area (Å²) in [5, 5.41) is 0. The van der Waals surface area contributed by atoms with Gasteiger partial charge in [0.15, 0.2) is 0 Å². The lowest BCUT2D eigenvalue weighted by atomic mass is 9.83. The van der Waals surface area contributed by atoms with Crippen LogP contribution in [-0.4, -0.2) is 21.6 Å². The fourth-order valence-corrected chi connectivity index (χ4v) is 7.01. The number of para-hydroxylation sites is 1. The zero-order valence-corrected chi connectivity index (χ0v) is 31.0. The van der Waals surface area contributed by atoms with E-state index in [1.165, 1.54) is 0 Å². The van der Waals surface area contributed by atoms with Crippen molar-refractivity contribution < 1.29 is 19.8 Å². The molecule has 8 aromatic rings. The Kier molecular flexibility index (Phi) is 6.23. The molecular formula is C50H45N3O. The molecule has 4 nitrogen and oxygen atoms in total. The molecule has 0 atom stereocenters. The molecule has 2 aromatic heterocycles. The van der Waals surface area contributed by atoms with Crippen molar-refractivity contribution in [1.82, 2.24) is 14.5 Å².